The molecule has 0 bridgehead atoms. The fraction of sp³-hybridized carbons (Fsp3) is 0.906. The third-order valence-electron chi connectivity index (χ3n) is 12.3. The largest absolute Gasteiger partial charge is 0.390 e. The van der Waals surface area contributed by atoms with E-state index in [1.165, 1.54) is 0 Å². The Hall–Kier alpha value is -0.950. The van der Waals surface area contributed by atoms with Crippen molar-refractivity contribution < 1.29 is 50.0 Å². The molecule has 3 saturated carbocycles. The lowest BCUT2D eigenvalue weighted by Crippen LogP contribution is -2.63. The van der Waals surface area contributed by atoms with Gasteiger partial charge in [-0.25, -0.2) is 0 Å². The Morgan fingerprint density at radius 3 is 2.40 bits per heavy atom. The number of fused-ring (bicyclic) bond motifs is 5. The molecular weight excluding hydrogens is 544 g/mol. The normalized spacial score (nSPS) is 49.5. The molecule has 10 nitrogen and oxygen atoms in total. The van der Waals surface area contributed by atoms with Crippen LogP contribution in [0.2, 0.25) is 0 Å². The third kappa shape index (κ3) is 4.93. The van der Waals surface area contributed by atoms with Crippen LogP contribution < -0.4 is 0 Å². The smallest absolute Gasteiger partial charge is 0.186 e. The standard InChI is InChI=1S/C32H52O10/c1-16(2)6-7-25(36)31(5,39)24-9-11-32(40)18-12-20(33)19-13-23(42-28-27(38)26(37)22(35)15-41-28)21(34)14-29(19,3)17(18)8-10-30(24,32)4/h12,16-17,19,21-28,34-40H,6-11,13-15H2,1-5H3/t17?,19-,21-,22+,23+,24?,25+,26-,27+,28-,29+,30+,31+,32+/m0/s1. The molecule has 42 heavy (non-hydrogen) atoms. The first-order valence-electron chi connectivity index (χ1n) is 15.9. The van der Waals surface area contributed by atoms with Crippen LogP contribution in [-0.4, -0.2) is 102 Å². The molecule has 14 atom stereocenters. The van der Waals surface area contributed by atoms with Crippen molar-refractivity contribution in [3.63, 3.8) is 0 Å². The average molecular weight is 597 g/mol. The number of carbonyl (C=O) groups excluding carboxylic acids is 1. The summed E-state index contributed by atoms with van der Waals surface area (Å²) in [6, 6.07) is 0. The molecule has 1 saturated heterocycles. The molecule has 2 unspecified atom stereocenters. The van der Waals surface area contributed by atoms with Crippen molar-refractivity contribution in [1.82, 2.24) is 0 Å². The predicted octanol–water partition coefficient (Wildman–Crippen LogP) is 1.20. The summed E-state index contributed by atoms with van der Waals surface area (Å²) >= 11 is 0. The van der Waals surface area contributed by atoms with E-state index >= 15 is 0 Å². The first-order chi connectivity index (χ1) is 19.5. The molecule has 0 aromatic heterocycles. The van der Waals surface area contributed by atoms with E-state index in [1.807, 2.05) is 13.8 Å². The quantitative estimate of drug-likeness (QED) is 0.226. The third-order valence-corrected chi connectivity index (χ3v) is 12.3. The molecule has 0 spiro atoms. The number of hydrogen-bond acceptors (Lipinski definition) is 10. The van der Waals surface area contributed by atoms with Gasteiger partial charge in [0.05, 0.1) is 36.1 Å². The van der Waals surface area contributed by atoms with E-state index in [-0.39, 0.29) is 37.1 Å². The van der Waals surface area contributed by atoms with Gasteiger partial charge in [0.15, 0.2) is 12.1 Å². The summed E-state index contributed by atoms with van der Waals surface area (Å²) in [6.07, 6.45) is -2.66. The zero-order valence-electron chi connectivity index (χ0n) is 25.6. The molecular formula is C32H52O10. The summed E-state index contributed by atoms with van der Waals surface area (Å²) in [6.45, 7) is 9.62. The lowest BCUT2D eigenvalue weighted by Gasteiger charge is -2.61. The van der Waals surface area contributed by atoms with E-state index in [9.17, 15) is 40.5 Å². The minimum atomic E-state index is -1.50. The highest BCUT2D eigenvalue weighted by atomic mass is 16.7. The van der Waals surface area contributed by atoms with Crippen LogP contribution in [0.3, 0.4) is 0 Å². The van der Waals surface area contributed by atoms with Gasteiger partial charge in [0.1, 0.15) is 18.3 Å². The van der Waals surface area contributed by atoms with Gasteiger partial charge < -0.3 is 45.2 Å². The number of aliphatic hydroxyl groups is 7. The number of ketones is 1. The Morgan fingerprint density at radius 2 is 1.74 bits per heavy atom. The first kappa shape index (κ1) is 32.4. The highest BCUT2D eigenvalue weighted by Crippen LogP contribution is 2.68. The van der Waals surface area contributed by atoms with Crippen LogP contribution in [0.4, 0.5) is 0 Å². The molecule has 0 amide bonds. The monoisotopic (exact) mass is 596 g/mol. The molecule has 10 heteroatoms. The highest BCUT2D eigenvalue weighted by Gasteiger charge is 2.69. The predicted molar refractivity (Wildman–Crippen MR) is 152 cm³/mol. The maximum atomic E-state index is 13.8. The Balaban J connectivity index is 1.38. The summed E-state index contributed by atoms with van der Waals surface area (Å²) in [4.78, 5) is 13.8. The maximum Gasteiger partial charge on any atom is 0.186 e. The molecule has 0 aromatic carbocycles. The molecule has 5 aliphatic rings. The van der Waals surface area contributed by atoms with Crippen molar-refractivity contribution >= 4 is 5.78 Å². The van der Waals surface area contributed by atoms with Gasteiger partial charge in [-0.15, -0.1) is 0 Å². The van der Waals surface area contributed by atoms with Crippen molar-refractivity contribution in [3.8, 4) is 0 Å². The lowest BCUT2D eigenvalue weighted by molar-refractivity contribution is -0.297. The van der Waals surface area contributed by atoms with Crippen LogP contribution in [0.15, 0.2) is 11.6 Å². The molecule has 4 aliphatic carbocycles. The zero-order chi connectivity index (χ0) is 31.0. The number of aliphatic hydroxyl groups excluding tert-OH is 5. The number of ether oxygens (including phenoxy) is 2. The fourth-order valence-corrected chi connectivity index (χ4v) is 9.53. The molecule has 0 radical (unpaired) electrons. The van der Waals surface area contributed by atoms with Crippen LogP contribution in [-0.2, 0) is 14.3 Å². The molecule has 7 N–H and O–H groups in total. The van der Waals surface area contributed by atoms with Gasteiger partial charge in [0, 0.05) is 11.3 Å². The summed E-state index contributed by atoms with van der Waals surface area (Å²) in [5.41, 5.74) is -3.41. The van der Waals surface area contributed by atoms with Gasteiger partial charge >= 0.3 is 0 Å². The molecule has 0 aromatic rings. The Labute approximate surface area is 248 Å². The Morgan fingerprint density at radius 1 is 1.05 bits per heavy atom. The van der Waals surface area contributed by atoms with Crippen LogP contribution in [0.25, 0.3) is 0 Å². The second-order valence-electron chi connectivity index (χ2n) is 15.2. The number of hydrogen-bond donors (Lipinski definition) is 7. The molecule has 240 valence electrons. The average Bonchev–Trinajstić information content (AvgIpc) is 3.20. The Kier molecular flexibility index (Phi) is 8.60. The van der Waals surface area contributed by atoms with Crippen molar-refractivity contribution in [1.29, 1.82) is 0 Å². The second kappa shape index (κ2) is 11.1. The summed E-state index contributed by atoms with van der Waals surface area (Å²) in [7, 11) is 0. The summed E-state index contributed by atoms with van der Waals surface area (Å²) in [5, 5.41) is 76.6. The molecule has 1 aliphatic heterocycles. The summed E-state index contributed by atoms with van der Waals surface area (Å²) in [5.74, 6) is -0.747. The number of allylic oxidation sites excluding steroid dienone is 1. The van der Waals surface area contributed by atoms with Crippen molar-refractivity contribution in [3.05, 3.63) is 11.6 Å². The van der Waals surface area contributed by atoms with Crippen LogP contribution in [0.5, 0.6) is 0 Å². The number of rotatable bonds is 7. The number of carbonyl (C=O) groups is 1. The fourth-order valence-electron chi connectivity index (χ4n) is 9.53. The Bertz CT molecular complexity index is 1060. The van der Waals surface area contributed by atoms with Crippen molar-refractivity contribution in [2.45, 2.75) is 140 Å². The lowest BCUT2D eigenvalue weighted by atomic mass is 9.45. The van der Waals surface area contributed by atoms with Crippen molar-refractivity contribution in [2.75, 3.05) is 6.61 Å². The van der Waals surface area contributed by atoms with E-state index in [4.69, 9.17) is 9.47 Å². The maximum absolute atomic E-state index is 13.8. The van der Waals surface area contributed by atoms with Crippen LogP contribution in [0, 0.1) is 34.5 Å². The minimum absolute atomic E-state index is 0.144. The molecule has 1 heterocycles. The minimum Gasteiger partial charge on any atom is -0.390 e. The van der Waals surface area contributed by atoms with Crippen LogP contribution in [0.1, 0.15) is 86.0 Å². The van der Waals surface area contributed by atoms with E-state index in [0.29, 0.717) is 43.6 Å². The van der Waals surface area contributed by atoms with Gasteiger partial charge in [-0.1, -0.05) is 27.7 Å². The van der Waals surface area contributed by atoms with E-state index < -0.39 is 70.9 Å². The highest BCUT2D eigenvalue weighted by molar-refractivity contribution is 5.95. The molecule has 4 fully saturated rings. The van der Waals surface area contributed by atoms with E-state index in [0.717, 1.165) is 6.42 Å². The topological polar surface area (TPSA) is 177 Å². The van der Waals surface area contributed by atoms with Gasteiger partial charge in [-0.2, -0.15) is 0 Å². The van der Waals surface area contributed by atoms with Crippen LogP contribution >= 0.6 is 0 Å². The van der Waals surface area contributed by atoms with E-state index in [1.54, 1.807) is 13.0 Å². The molecule has 5 rings (SSSR count). The van der Waals surface area contributed by atoms with Gasteiger partial charge in [-0.05, 0) is 93.1 Å². The zero-order valence-corrected chi connectivity index (χ0v) is 25.6. The van der Waals surface area contributed by atoms with E-state index in [2.05, 4.69) is 13.8 Å². The van der Waals surface area contributed by atoms with Gasteiger partial charge in [0.25, 0.3) is 0 Å². The summed E-state index contributed by atoms with van der Waals surface area (Å²) < 4.78 is 11.3. The first-order valence-corrected chi connectivity index (χ1v) is 15.9. The van der Waals surface area contributed by atoms with Crippen molar-refractivity contribution in [2.24, 2.45) is 34.5 Å². The van der Waals surface area contributed by atoms with Gasteiger partial charge in [0.2, 0.25) is 0 Å². The second-order valence-corrected chi connectivity index (χ2v) is 15.2. The SMILES string of the molecule is CC(C)CC[C@@H](O)[C@](C)(O)C1CC[C@@]2(O)C3=CC(=O)[C@@H]4C[C@@H](O[C@@H]5OC[C@@H](O)[C@H](O)[C@H]5O)[C@@H](O)C[C@]4(C)C3CC[C@]12C. The van der Waals surface area contributed by atoms with Gasteiger partial charge in [-0.3, -0.25) is 4.79 Å².